The zero-order valence-electron chi connectivity index (χ0n) is 17.4. The smallest absolute Gasteiger partial charge is 0.340 e. The van der Waals surface area contributed by atoms with Gasteiger partial charge in [0.1, 0.15) is 0 Å². The van der Waals surface area contributed by atoms with Crippen molar-refractivity contribution in [1.29, 1.82) is 0 Å². The van der Waals surface area contributed by atoms with Crippen molar-refractivity contribution in [2.75, 3.05) is 6.61 Å². The molecule has 33 heavy (non-hydrogen) atoms. The van der Waals surface area contributed by atoms with Crippen LogP contribution in [-0.4, -0.2) is 30.0 Å². The van der Waals surface area contributed by atoms with Gasteiger partial charge < -0.3 is 10.1 Å². The topological polar surface area (TPSA) is 89.5 Å². The summed E-state index contributed by atoms with van der Waals surface area (Å²) < 4.78 is 5.10. The Balaban J connectivity index is 1.47. The molecule has 8 heteroatoms. The Bertz CT molecular complexity index is 1300. The molecule has 1 atom stereocenters. The summed E-state index contributed by atoms with van der Waals surface area (Å²) in [6, 6.07) is 15.8. The van der Waals surface area contributed by atoms with Crippen molar-refractivity contribution in [3.63, 3.8) is 0 Å². The van der Waals surface area contributed by atoms with Crippen LogP contribution in [0, 0.1) is 0 Å². The van der Waals surface area contributed by atoms with Crippen LogP contribution in [0.5, 0.6) is 0 Å². The number of rotatable bonds is 5. The second-order valence-corrected chi connectivity index (χ2v) is 8.28. The number of hydrogen-bond donors (Lipinski definition) is 1. The molecule has 1 aliphatic carbocycles. The van der Waals surface area contributed by atoms with Crippen LogP contribution in [0.25, 0.3) is 0 Å². The molecule has 0 saturated carbocycles. The van der Waals surface area contributed by atoms with Crippen LogP contribution in [-0.2, 0) is 9.53 Å². The number of amides is 1. The van der Waals surface area contributed by atoms with Gasteiger partial charge in [-0.25, -0.2) is 4.79 Å². The lowest BCUT2D eigenvalue weighted by molar-refractivity contribution is -0.124. The molecule has 0 aromatic heterocycles. The van der Waals surface area contributed by atoms with E-state index in [1.165, 1.54) is 18.2 Å². The third kappa shape index (κ3) is 4.40. The van der Waals surface area contributed by atoms with E-state index in [4.69, 9.17) is 27.9 Å². The van der Waals surface area contributed by atoms with E-state index in [1.54, 1.807) is 49.4 Å². The van der Waals surface area contributed by atoms with Crippen LogP contribution in [0.4, 0.5) is 0 Å². The maximum absolute atomic E-state index is 12.9. The van der Waals surface area contributed by atoms with Gasteiger partial charge >= 0.3 is 5.97 Å². The second kappa shape index (κ2) is 9.17. The summed E-state index contributed by atoms with van der Waals surface area (Å²) in [7, 11) is 0. The average Bonchev–Trinajstić information content (AvgIpc) is 2.81. The Morgan fingerprint density at radius 1 is 0.879 bits per heavy atom. The molecule has 0 unspecified atom stereocenters. The first kappa shape index (κ1) is 22.7. The lowest BCUT2D eigenvalue weighted by Crippen LogP contribution is -2.31. The molecule has 3 aromatic carbocycles. The minimum absolute atomic E-state index is 0.0457. The number of carbonyl (C=O) groups is 4. The summed E-state index contributed by atoms with van der Waals surface area (Å²) in [6.45, 7) is 1.24. The number of benzene rings is 3. The van der Waals surface area contributed by atoms with Gasteiger partial charge in [0.15, 0.2) is 18.2 Å². The Hall–Kier alpha value is -3.48. The van der Waals surface area contributed by atoms with Crippen molar-refractivity contribution in [3.05, 3.63) is 104 Å². The first-order chi connectivity index (χ1) is 15.8. The number of carbonyl (C=O) groups excluding carboxylic acids is 4. The molecule has 0 aliphatic heterocycles. The van der Waals surface area contributed by atoms with Crippen molar-refractivity contribution in [2.45, 2.75) is 13.0 Å². The van der Waals surface area contributed by atoms with Crippen LogP contribution in [0.3, 0.4) is 0 Å². The number of ketones is 2. The van der Waals surface area contributed by atoms with Crippen molar-refractivity contribution < 1.29 is 23.9 Å². The van der Waals surface area contributed by atoms with Crippen LogP contribution in [0.15, 0.2) is 60.7 Å². The average molecular weight is 482 g/mol. The van der Waals surface area contributed by atoms with E-state index in [9.17, 15) is 19.2 Å². The van der Waals surface area contributed by atoms with Gasteiger partial charge in [0, 0.05) is 21.7 Å². The van der Waals surface area contributed by atoms with E-state index in [-0.39, 0.29) is 44.7 Å². The minimum atomic E-state index is -0.879. The van der Waals surface area contributed by atoms with E-state index in [0.29, 0.717) is 5.02 Å². The van der Waals surface area contributed by atoms with Gasteiger partial charge in [0.2, 0.25) is 0 Å². The summed E-state index contributed by atoms with van der Waals surface area (Å²) in [5, 5.41) is 3.12. The highest BCUT2D eigenvalue weighted by Crippen LogP contribution is 2.34. The highest BCUT2D eigenvalue weighted by atomic mass is 35.5. The van der Waals surface area contributed by atoms with Crippen molar-refractivity contribution in [3.8, 4) is 0 Å². The number of halogens is 2. The van der Waals surface area contributed by atoms with E-state index < -0.39 is 24.3 Å². The molecular formula is C25H17Cl2NO5. The van der Waals surface area contributed by atoms with E-state index in [2.05, 4.69) is 5.32 Å². The van der Waals surface area contributed by atoms with E-state index in [1.807, 2.05) is 0 Å². The quantitative estimate of drug-likeness (QED) is 0.413. The molecular weight excluding hydrogens is 465 g/mol. The largest absolute Gasteiger partial charge is 0.452 e. The SMILES string of the molecule is C[C@H](NC(=O)COC(=O)c1ccc2c(c1Cl)C(=O)c1ccccc1C2=O)c1ccc(Cl)cc1. The van der Waals surface area contributed by atoms with Crippen molar-refractivity contribution in [2.24, 2.45) is 0 Å². The van der Waals surface area contributed by atoms with Gasteiger partial charge in [-0.1, -0.05) is 59.6 Å². The number of ether oxygens (including phenoxy) is 1. The predicted molar refractivity (Wildman–Crippen MR) is 123 cm³/mol. The summed E-state index contributed by atoms with van der Waals surface area (Å²) in [5.41, 5.74) is 1.31. The first-order valence-corrected chi connectivity index (χ1v) is 10.8. The monoisotopic (exact) mass is 481 g/mol. The fraction of sp³-hybridized carbons (Fsp3) is 0.120. The number of fused-ring (bicyclic) bond motifs is 2. The molecule has 0 heterocycles. The zero-order chi connectivity index (χ0) is 23.7. The lowest BCUT2D eigenvalue weighted by atomic mass is 9.83. The van der Waals surface area contributed by atoms with Crippen LogP contribution >= 0.6 is 23.2 Å². The summed E-state index contributed by atoms with van der Waals surface area (Å²) in [4.78, 5) is 50.5. The van der Waals surface area contributed by atoms with E-state index >= 15 is 0 Å². The molecule has 0 saturated heterocycles. The minimum Gasteiger partial charge on any atom is -0.452 e. The normalized spacial score (nSPS) is 13.1. The predicted octanol–water partition coefficient (Wildman–Crippen LogP) is 4.80. The van der Waals surface area contributed by atoms with E-state index in [0.717, 1.165) is 5.56 Å². The number of nitrogens with one attached hydrogen (secondary N) is 1. The molecule has 6 nitrogen and oxygen atoms in total. The third-order valence-corrected chi connectivity index (χ3v) is 5.98. The molecule has 166 valence electrons. The fourth-order valence-electron chi connectivity index (χ4n) is 3.63. The highest BCUT2D eigenvalue weighted by Gasteiger charge is 2.33. The summed E-state index contributed by atoms with van der Waals surface area (Å²) in [6.07, 6.45) is 0. The summed E-state index contributed by atoms with van der Waals surface area (Å²) >= 11 is 12.2. The van der Waals surface area contributed by atoms with Gasteiger partial charge in [-0.2, -0.15) is 0 Å². The zero-order valence-corrected chi connectivity index (χ0v) is 18.9. The molecule has 4 rings (SSSR count). The van der Waals surface area contributed by atoms with Crippen LogP contribution < -0.4 is 5.32 Å². The molecule has 0 spiro atoms. The van der Waals surface area contributed by atoms with Crippen LogP contribution in [0.2, 0.25) is 10.0 Å². The molecule has 0 radical (unpaired) electrons. The molecule has 0 bridgehead atoms. The molecule has 1 N–H and O–H groups in total. The second-order valence-electron chi connectivity index (χ2n) is 7.47. The van der Waals surface area contributed by atoms with Gasteiger partial charge in [0.25, 0.3) is 5.91 Å². The Morgan fingerprint density at radius 2 is 1.52 bits per heavy atom. The lowest BCUT2D eigenvalue weighted by Gasteiger charge is -2.19. The van der Waals surface area contributed by atoms with Crippen LogP contribution in [0.1, 0.15) is 60.7 Å². The highest BCUT2D eigenvalue weighted by molar-refractivity contribution is 6.41. The molecule has 1 amide bonds. The Kier molecular flexibility index (Phi) is 6.31. The van der Waals surface area contributed by atoms with Gasteiger partial charge in [-0.05, 0) is 36.8 Å². The summed E-state index contributed by atoms with van der Waals surface area (Å²) in [5.74, 6) is -2.19. The molecule has 1 aliphatic rings. The first-order valence-electron chi connectivity index (χ1n) is 10.0. The molecule has 3 aromatic rings. The standard InChI is InChI=1S/C25H17Cl2NO5/c1-13(14-6-8-15(26)9-7-14)28-20(29)12-33-25(32)19-11-10-18-21(22(19)27)24(31)17-5-3-2-4-16(17)23(18)30/h2-11,13H,12H2,1H3,(H,28,29)/t13-/m0/s1. The maximum Gasteiger partial charge on any atom is 0.340 e. The number of esters is 1. The fourth-order valence-corrected chi connectivity index (χ4v) is 4.08. The Morgan fingerprint density at radius 3 is 2.18 bits per heavy atom. The number of hydrogen-bond acceptors (Lipinski definition) is 5. The van der Waals surface area contributed by atoms with Crippen molar-refractivity contribution >= 4 is 46.6 Å². The van der Waals surface area contributed by atoms with Gasteiger partial charge in [-0.15, -0.1) is 0 Å². The van der Waals surface area contributed by atoms with Crippen molar-refractivity contribution in [1.82, 2.24) is 5.32 Å². The molecule has 0 fully saturated rings. The van der Waals surface area contributed by atoms with Gasteiger partial charge in [-0.3, -0.25) is 14.4 Å². The maximum atomic E-state index is 12.9. The Labute approximate surface area is 199 Å². The van der Waals surface area contributed by atoms with Gasteiger partial charge in [0.05, 0.1) is 22.2 Å². The third-order valence-electron chi connectivity index (χ3n) is 5.33.